The van der Waals surface area contributed by atoms with Crippen LogP contribution in [0.15, 0.2) is 21.5 Å². The van der Waals surface area contributed by atoms with Gasteiger partial charge in [0.05, 0.1) is 4.47 Å². The smallest absolute Gasteiger partial charge is 0.246 e. The van der Waals surface area contributed by atoms with E-state index in [1.165, 1.54) is 0 Å². The van der Waals surface area contributed by atoms with Crippen LogP contribution < -0.4 is 5.73 Å². The minimum absolute atomic E-state index is 0.0917. The van der Waals surface area contributed by atoms with Gasteiger partial charge in [-0.05, 0) is 28.4 Å². The van der Waals surface area contributed by atoms with E-state index in [1.54, 1.807) is 0 Å². The van der Waals surface area contributed by atoms with Crippen molar-refractivity contribution in [3.63, 3.8) is 0 Å². The fraction of sp³-hybridized carbons (Fsp3) is 0.400. The van der Waals surface area contributed by atoms with Crippen molar-refractivity contribution in [1.29, 1.82) is 0 Å². The predicted molar refractivity (Wildman–Crippen MR) is 65.4 cm³/mol. The minimum atomic E-state index is -3.96. The molecular weight excluding hydrogens is 330 g/mol. The quantitative estimate of drug-likeness (QED) is 0.829. The normalized spacial score (nSPS) is 21.4. The van der Waals surface area contributed by atoms with Crippen LogP contribution in [0, 0.1) is 11.6 Å². The van der Waals surface area contributed by atoms with Gasteiger partial charge in [-0.1, -0.05) is 0 Å². The zero-order valence-corrected chi connectivity index (χ0v) is 11.6. The number of hydrogen-bond acceptors (Lipinski definition) is 3. The fourth-order valence-electron chi connectivity index (χ4n) is 1.81. The Kier molecular flexibility index (Phi) is 3.72. The zero-order valence-electron chi connectivity index (χ0n) is 9.24. The van der Waals surface area contributed by atoms with Gasteiger partial charge in [0.1, 0.15) is 16.5 Å². The largest absolute Gasteiger partial charge is 0.326 e. The average Bonchev–Trinajstić information content (AvgIpc) is 2.70. The lowest BCUT2D eigenvalue weighted by molar-refractivity contribution is 0.463. The highest BCUT2D eigenvalue weighted by Gasteiger charge is 2.33. The minimum Gasteiger partial charge on any atom is -0.326 e. The molecule has 1 fully saturated rings. The third kappa shape index (κ3) is 2.42. The number of nitrogens with two attached hydrogens (primary N) is 1. The Morgan fingerprint density at radius 1 is 1.33 bits per heavy atom. The highest BCUT2D eigenvalue weighted by Crippen LogP contribution is 2.27. The van der Waals surface area contributed by atoms with Gasteiger partial charge in [-0.25, -0.2) is 17.2 Å². The van der Waals surface area contributed by atoms with Crippen LogP contribution in [0.5, 0.6) is 0 Å². The van der Waals surface area contributed by atoms with E-state index in [4.69, 9.17) is 5.73 Å². The Morgan fingerprint density at radius 3 is 2.56 bits per heavy atom. The first-order valence-corrected chi connectivity index (χ1v) is 7.46. The number of benzene rings is 1. The van der Waals surface area contributed by atoms with Crippen molar-refractivity contribution in [1.82, 2.24) is 4.31 Å². The molecule has 0 aliphatic carbocycles. The second kappa shape index (κ2) is 4.84. The summed E-state index contributed by atoms with van der Waals surface area (Å²) in [7, 11) is -3.96. The van der Waals surface area contributed by atoms with E-state index >= 15 is 0 Å². The number of sulfonamides is 1. The van der Waals surface area contributed by atoms with Crippen molar-refractivity contribution in [3.05, 3.63) is 28.2 Å². The molecule has 100 valence electrons. The van der Waals surface area contributed by atoms with E-state index in [0.29, 0.717) is 12.5 Å². The van der Waals surface area contributed by atoms with Crippen LogP contribution in [0.2, 0.25) is 0 Å². The topological polar surface area (TPSA) is 63.4 Å². The van der Waals surface area contributed by atoms with Gasteiger partial charge in [0, 0.05) is 25.2 Å². The number of hydrogen-bond donors (Lipinski definition) is 1. The maximum absolute atomic E-state index is 13.6. The lowest BCUT2D eigenvalue weighted by Gasteiger charge is -2.16. The molecule has 0 aromatic heterocycles. The molecule has 18 heavy (non-hydrogen) atoms. The standard InChI is InChI=1S/C10H11BrF2N2O2S/c11-7-3-10(9(13)4-8(7)12)18(16,17)15-2-1-6(14)5-15/h3-4,6H,1-2,5,14H2/t6-/m1/s1. The molecule has 2 N–H and O–H groups in total. The van der Waals surface area contributed by atoms with E-state index in [-0.39, 0.29) is 23.6 Å². The van der Waals surface area contributed by atoms with E-state index in [1.807, 2.05) is 0 Å². The number of nitrogens with zero attached hydrogens (tertiary/aromatic N) is 1. The lowest BCUT2D eigenvalue weighted by atomic mass is 10.3. The summed E-state index contributed by atoms with van der Waals surface area (Å²) in [6.07, 6.45) is 0.531. The van der Waals surface area contributed by atoms with Crippen molar-refractivity contribution in [3.8, 4) is 0 Å². The van der Waals surface area contributed by atoms with E-state index < -0.39 is 26.6 Å². The maximum Gasteiger partial charge on any atom is 0.246 e. The molecule has 1 atom stereocenters. The van der Waals surface area contributed by atoms with Crippen LogP contribution in [-0.2, 0) is 10.0 Å². The summed E-state index contributed by atoms with van der Waals surface area (Å²) >= 11 is 2.84. The summed E-state index contributed by atoms with van der Waals surface area (Å²) in [5.74, 6) is -1.94. The molecule has 1 aromatic carbocycles. The van der Waals surface area contributed by atoms with E-state index in [9.17, 15) is 17.2 Å². The molecule has 1 aliphatic rings. The van der Waals surface area contributed by atoms with Crippen molar-refractivity contribution < 1.29 is 17.2 Å². The van der Waals surface area contributed by atoms with Gasteiger partial charge in [-0.2, -0.15) is 4.31 Å². The van der Waals surface area contributed by atoms with Crippen LogP contribution in [0.25, 0.3) is 0 Å². The van der Waals surface area contributed by atoms with Crippen LogP contribution in [0.4, 0.5) is 8.78 Å². The summed E-state index contributed by atoms with van der Waals surface area (Å²) in [5.41, 5.74) is 5.62. The van der Waals surface area contributed by atoms with Gasteiger partial charge in [-0.15, -0.1) is 0 Å². The molecule has 2 rings (SSSR count). The Hall–Kier alpha value is -0.570. The van der Waals surface area contributed by atoms with Gasteiger partial charge >= 0.3 is 0 Å². The van der Waals surface area contributed by atoms with Gasteiger partial charge in [-0.3, -0.25) is 0 Å². The zero-order chi connectivity index (χ0) is 13.5. The summed E-state index contributed by atoms with van der Waals surface area (Å²) in [5, 5.41) is 0. The molecule has 0 amide bonds. The monoisotopic (exact) mass is 340 g/mol. The fourth-order valence-corrected chi connectivity index (χ4v) is 3.89. The molecule has 8 heteroatoms. The summed E-state index contributed by atoms with van der Waals surface area (Å²) in [6.45, 7) is 0.398. The van der Waals surface area contributed by atoms with Gasteiger partial charge < -0.3 is 5.73 Å². The van der Waals surface area contributed by atoms with Crippen molar-refractivity contribution in [2.75, 3.05) is 13.1 Å². The van der Waals surface area contributed by atoms with Crippen LogP contribution in [0.3, 0.4) is 0 Å². The van der Waals surface area contributed by atoms with Gasteiger partial charge in [0.25, 0.3) is 0 Å². The van der Waals surface area contributed by atoms with E-state index in [2.05, 4.69) is 15.9 Å². The molecule has 1 heterocycles. The summed E-state index contributed by atoms with van der Waals surface area (Å²) < 4.78 is 52.0. The highest BCUT2D eigenvalue weighted by molar-refractivity contribution is 9.10. The molecule has 4 nitrogen and oxygen atoms in total. The Labute approximate surface area is 112 Å². The summed E-state index contributed by atoms with van der Waals surface area (Å²) in [6, 6.07) is 1.24. The Bertz CT molecular complexity index is 579. The number of rotatable bonds is 2. The molecule has 1 aliphatic heterocycles. The van der Waals surface area contributed by atoms with Crippen LogP contribution >= 0.6 is 15.9 Å². The van der Waals surface area contributed by atoms with E-state index in [0.717, 1.165) is 10.4 Å². The van der Waals surface area contributed by atoms with Gasteiger partial charge in [0.2, 0.25) is 10.0 Å². The van der Waals surface area contributed by atoms with Crippen molar-refractivity contribution >= 4 is 26.0 Å². The van der Waals surface area contributed by atoms with Crippen molar-refractivity contribution in [2.45, 2.75) is 17.4 Å². The molecule has 0 unspecified atom stereocenters. The molecule has 0 bridgehead atoms. The SMILES string of the molecule is N[C@@H]1CCN(S(=O)(=O)c2cc(Br)c(F)cc2F)C1. The Balaban J connectivity index is 2.45. The van der Waals surface area contributed by atoms with Crippen LogP contribution in [0.1, 0.15) is 6.42 Å². The third-order valence-corrected chi connectivity index (χ3v) is 5.27. The molecule has 0 saturated carbocycles. The highest BCUT2D eigenvalue weighted by atomic mass is 79.9. The third-order valence-electron chi connectivity index (χ3n) is 2.78. The summed E-state index contributed by atoms with van der Waals surface area (Å²) in [4.78, 5) is -0.537. The van der Waals surface area contributed by atoms with Crippen molar-refractivity contribution in [2.24, 2.45) is 5.73 Å². The Morgan fingerprint density at radius 2 is 2.00 bits per heavy atom. The molecule has 1 aromatic rings. The molecular formula is C10H11BrF2N2O2S. The first kappa shape index (κ1) is 13.9. The number of halogens is 3. The second-order valence-electron chi connectivity index (χ2n) is 4.11. The molecule has 1 saturated heterocycles. The first-order valence-electron chi connectivity index (χ1n) is 5.22. The average molecular weight is 341 g/mol. The lowest BCUT2D eigenvalue weighted by Crippen LogP contribution is -2.32. The molecule has 0 spiro atoms. The second-order valence-corrected chi connectivity index (χ2v) is 6.87. The molecule has 0 radical (unpaired) electrons. The maximum atomic E-state index is 13.6. The predicted octanol–water partition coefficient (Wildman–Crippen LogP) is 1.45. The van der Waals surface area contributed by atoms with Crippen LogP contribution in [-0.4, -0.2) is 31.9 Å². The first-order chi connectivity index (χ1) is 8.32. The van der Waals surface area contributed by atoms with Gasteiger partial charge in [0.15, 0.2) is 0 Å².